The first-order valence-corrected chi connectivity index (χ1v) is 5.33. The second-order valence-corrected chi connectivity index (χ2v) is 4.46. The van der Waals surface area contributed by atoms with Gasteiger partial charge in [-0.05, 0) is 40.3 Å². The molecule has 3 nitrogen and oxygen atoms in total. The van der Waals surface area contributed by atoms with Crippen LogP contribution in [0.2, 0.25) is 0 Å². The summed E-state index contributed by atoms with van der Waals surface area (Å²) in [5.41, 5.74) is -0.372. The van der Waals surface area contributed by atoms with E-state index in [1.807, 2.05) is 20.8 Å². The number of ether oxygens (including phenoxy) is 1. The molecule has 0 aromatic heterocycles. The zero-order chi connectivity index (χ0) is 11.2. The lowest BCUT2D eigenvalue weighted by Gasteiger charge is -2.23. The lowest BCUT2D eigenvalue weighted by molar-refractivity contribution is -0.156. The molecule has 0 N–H and O–H groups in total. The van der Waals surface area contributed by atoms with Gasteiger partial charge in [0.1, 0.15) is 5.60 Å². The molecule has 14 heavy (non-hydrogen) atoms. The normalized spacial score (nSPS) is 11.9. The summed E-state index contributed by atoms with van der Waals surface area (Å²) in [4.78, 5) is 13.5. The lowest BCUT2D eigenvalue weighted by atomic mass is 10.2. The molecule has 0 aromatic rings. The summed E-state index contributed by atoms with van der Waals surface area (Å²) in [7, 11) is 0. The Bertz CT molecular complexity index is 173. The zero-order valence-corrected chi connectivity index (χ0v) is 10.1. The molecule has 0 atom stereocenters. The molecule has 0 aliphatic rings. The smallest absolute Gasteiger partial charge is 0.320 e. The van der Waals surface area contributed by atoms with E-state index in [0.29, 0.717) is 6.54 Å². The average molecular weight is 201 g/mol. The monoisotopic (exact) mass is 201 g/mol. The highest BCUT2D eigenvalue weighted by Crippen LogP contribution is 2.07. The Labute approximate surface area is 87.4 Å². The lowest BCUT2D eigenvalue weighted by Crippen LogP contribution is -2.35. The number of carbonyl (C=O) groups excluding carboxylic acids is 1. The third-order valence-corrected chi connectivity index (χ3v) is 1.76. The predicted octanol–water partition coefficient (Wildman–Crippen LogP) is 2.06. The SMILES string of the molecule is CCCN(CC)CC(=O)OC(C)(C)C. The fraction of sp³-hybridized carbons (Fsp3) is 0.909. The molecule has 0 radical (unpaired) electrons. The van der Waals surface area contributed by atoms with Crippen molar-refractivity contribution in [2.75, 3.05) is 19.6 Å². The maximum atomic E-state index is 11.4. The summed E-state index contributed by atoms with van der Waals surface area (Å²) in [5.74, 6) is -0.132. The van der Waals surface area contributed by atoms with Crippen LogP contribution in [-0.4, -0.2) is 36.1 Å². The molecule has 0 bridgehead atoms. The fourth-order valence-electron chi connectivity index (χ4n) is 1.22. The number of likely N-dealkylation sites (N-methyl/N-ethyl adjacent to an activating group) is 1. The maximum Gasteiger partial charge on any atom is 0.320 e. The second-order valence-electron chi connectivity index (χ2n) is 4.46. The largest absolute Gasteiger partial charge is 0.459 e. The molecular formula is C11H23NO2. The third kappa shape index (κ3) is 6.89. The first-order chi connectivity index (χ1) is 6.39. The molecule has 0 unspecified atom stereocenters. The van der Waals surface area contributed by atoms with Crippen molar-refractivity contribution in [1.29, 1.82) is 0 Å². The Morgan fingerprint density at radius 2 is 1.86 bits per heavy atom. The summed E-state index contributed by atoms with van der Waals surface area (Å²) in [6, 6.07) is 0. The van der Waals surface area contributed by atoms with Crippen LogP contribution in [0.5, 0.6) is 0 Å². The van der Waals surface area contributed by atoms with Crippen LogP contribution >= 0.6 is 0 Å². The van der Waals surface area contributed by atoms with Crippen molar-refractivity contribution in [1.82, 2.24) is 4.90 Å². The number of rotatable bonds is 5. The third-order valence-electron chi connectivity index (χ3n) is 1.76. The molecule has 0 spiro atoms. The average Bonchev–Trinajstić information content (AvgIpc) is 2.00. The zero-order valence-electron chi connectivity index (χ0n) is 10.1. The van der Waals surface area contributed by atoms with Gasteiger partial charge in [-0.3, -0.25) is 9.69 Å². The summed E-state index contributed by atoms with van der Waals surface area (Å²) in [6.45, 7) is 12.1. The van der Waals surface area contributed by atoms with E-state index in [9.17, 15) is 4.79 Å². The van der Waals surface area contributed by atoms with Crippen LogP contribution in [0.15, 0.2) is 0 Å². The van der Waals surface area contributed by atoms with E-state index in [4.69, 9.17) is 4.74 Å². The van der Waals surface area contributed by atoms with Gasteiger partial charge in [0.05, 0.1) is 6.54 Å². The summed E-state index contributed by atoms with van der Waals surface area (Å²) in [5, 5.41) is 0. The van der Waals surface area contributed by atoms with Crippen LogP contribution in [0.25, 0.3) is 0 Å². The number of carbonyl (C=O) groups is 1. The van der Waals surface area contributed by atoms with Crippen molar-refractivity contribution in [3.8, 4) is 0 Å². The van der Waals surface area contributed by atoms with Crippen LogP contribution in [0.1, 0.15) is 41.0 Å². The molecule has 3 heteroatoms. The quantitative estimate of drug-likeness (QED) is 0.638. The Morgan fingerprint density at radius 1 is 1.29 bits per heavy atom. The Balaban J connectivity index is 3.91. The Kier molecular flexibility index (Phi) is 5.77. The molecule has 0 saturated heterocycles. The maximum absolute atomic E-state index is 11.4. The first-order valence-electron chi connectivity index (χ1n) is 5.33. The van der Waals surface area contributed by atoms with Crippen LogP contribution in [0.3, 0.4) is 0 Å². The molecule has 0 heterocycles. The highest BCUT2D eigenvalue weighted by atomic mass is 16.6. The van der Waals surface area contributed by atoms with E-state index in [2.05, 4.69) is 18.7 Å². The highest BCUT2D eigenvalue weighted by molar-refractivity contribution is 5.72. The minimum atomic E-state index is -0.372. The summed E-state index contributed by atoms with van der Waals surface area (Å²) in [6.07, 6.45) is 1.07. The minimum absolute atomic E-state index is 0.132. The van der Waals surface area contributed by atoms with E-state index in [1.165, 1.54) is 0 Å². The predicted molar refractivity (Wildman–Crippen MR) is 58.3 cm³/mol. The van der Waals surface area contributed by atoms with Gasteiger partial charge in [-0.25, -0.2) is 0 Å². The van der Waals surface area contributed by atoms with Gasteiger partial charge in [0, 0.05) is 0 Å². The van der Waals surface area contributed by atoms with Crippen LogP contribution in [-0.2, 0) is 9.53 Å². The van der Waals surface area contributed by atoms with E-state index in [-0.39, 0.29) is 11.6 Å². The summed E-state index contributed by atoms with van der Waals surface area (Å²) >= 11 is 0. The van der Waals surface area contributed by atoms with E-state index < -0.39 is 0 Å². The van der Waals surface area contributed by atoms with Crippen LogP contribution in [0, 0.1) is 0 Å². The number of hydrogen-bond acceptors (Lipinski definition) is 3. The van der Waals surface area contributed by atoms with Gasteiger partial charge >= 0.3 is 5.97 Å². The molecule has 0 rings (SSSR count). The van der Waals surface area contributed by atoms with Gasteiger partial charge in [0.25, 0.3) is 0 Å². The molecule has 0 amide bonds. The topological polar surface area (TPSA) is 29.5 Å². The van der Waals surface area contributed by atoms with Crippen LogP contribution in [0.4, 0.5) is 0 Å². The number of hydrogen-bond donors (Lipinski definition) is 0. The van der Waals surface area contributed by atoms with Crippen molar-refractivity contribution < 1.29 is 9.53 Å². The van der Waals surface area contributed by atoms with Gasteiger partial charge in [0.15, 0.2) is 0 Å². The molecular weight excluding hydrogens is 178 g/mol. The van der Waals surface area contributed by atoms with Crippen LogP contribution < -0.4 is 0 Å². The van der Waals surface area contributed by atoms with Gasteiger partial charge in [-0.2, -0.15) is 0 Å². The number of esters is 1. The summed E-state index contributed by atoms with van der Waals surface area (Å²) < 4.78 is 5.24. The Morgan fingerprint density at radius 3 is 2.21 bits per heavy atom. The van der Waals surface area contributed by atoms with Gasteiger partial charge in [-0.15, -0.1) is 0 Å². The molecule has 0 aliphatic carbocycles. The van der Waals surface area contributed by atoms with Gasteiger partial charge < -0.3 is 4.74 Å². The van der Waals surface area contributed by atoms with E-state index in [0.717, 1.165) is 19.5 Å². The molecule has 0 aliphatic heterocycles. The van der Waals surface area contributed by atoms with Crippen molar-refractivity contribution in [2.45, 2.75) is 46.6 Å². The molecule has 84 valence electrons. The number of nitrogens with zero attached hydrogens (tertiary/aromatic N) is 1. The van der Waals surface area contributed by atoms with Gasteiger partial charge in [-0.1, -0.05) is 13.8 Å². The Hall–Kier alpha value is -0.570. The van der Waals surface area contributed by atoms with E-state index in [1.54, 1.807) is 0 Å². The minimum Gasteiger partial charge on any atom is -0.459 e. The fourth-order valence-corrected chi connectivity index (χ4v) is 1.22. The first kappa shape index (κ1) is 13.4. The van der Waals surface area contributed by atoms with Crippen molar-refractivity contribution >= 4 is 5.97 Å². The van der Waals surface area contributed by atoms with Crippen molar-refractivity contribution in [3.63, 3.8) is 0 Å². The second kappa shape index (κ2) is 6.02. The van der Waals surface area contributed by atoms with Crippen molar-refractivity contribution in [2.24, 2.45) is 0 Å². The van der Waals surface area contributed by atoms with Gasteiger partial charge in [0.2, 0.25) is 0 Å². The standard InChI is InChI=1S/C11H23NO2/c1-6-8-12(7-2)9-10(13)14-11(3,4)5/h6-9H2,1-5H3. The highest BCUT2D eigenvalue weighted by Gasteiger charge is 2.17. The molecule has 0 fully saturated rings. The molecule has 0 aromatic carbocycles. The van der Waals surface area contributed by atoms with E-state index >= 15 is 0 Å². The molecule has 0 saturated carbocycles. The van der Waals surface area contributed by atoms with Crippen molar-refractivity contribution in [3.05, 3.63) is 0 Å².